The number of unbranched alkanes of at least 4 members (excludes halogenated alkanes) is 5. The SMILES string of the molecule is C=CC(=O)OCCCCCC[C@H]1CC[C@H](CCc2ccc(-c3ccc(C4O[C@@H](C(=O)OCCCC)[C@H](C(=O)OCCCC)O4)cc3)cc2)CC1. The molecule has 0 aromatic heterocycles. The minimum Gasteiger partial charge on any atom is -0.464 e. The summed E-state index contributed by atoms with van der Waals surface area (Å²) in [5.41, 5.74) is 4.28. The molecule has 4 rings (SSSR count). The molecule has 1 heterocycles. The number of hydrogen-bond donors (Lipinski definition) is 0. The van der Waals surface area contributed by atoms with E-state index in [1.165, 1.54) is 63.0 Å². The van der Waals surface area contributed by atoms with Crippen LogP contribution in [0.1, 0.15) is 121 Å². The van der Waals surface area contributed by atoms with Crippen LogP contribution in [0.25, 0.3) is 11.1 Å². The van der Waals surface area contributed by atoms with Crippen molar-refractivity contribution in [1.29, 1.82) is 0 Å². The number of rotatable bonds is 21. The van der Waals surface area contributed by atoms with Crippen LogP contribution in [0.4, 0.5) is 0 Å². The fourth-order valence-corrected chi connectivity index (χ4v) is 6.75. The van der Waals surface area contributed by atoms with Gasteiger partial charge in [0.25, 0.3) is 0 Å². The lowest BCUT2D eigenvalue weighted by Crippen LogP contribution is -2.39. The molecule has 2 aromatic carbocycles. The molecule has 8 heteroatoms. The van der Waals surface area contributed by atoms with Crippen LogP contribution in [-0.4, -0.2) is 49.9 Å². The highest BCUT2D eigenvalue weighted by atomic mass is 16.8. The van der Waals surface area contributed by atoms with Crippen molar-refractivity contribution in [3.8, 4) is 11.1 Å². The van der Waals surface area contributed by atoms with Crippen LogP contribution in [0.2, 0.25) is 0 Å². The molecule has 2 fully saturated rings. The van der Waals surface area contributed by atoms with Gasteiger partial charge >= 0.3 is 17.9 Å². The van der Waals surface area contributed by atoms with E-state index >= 15 is 0 Å². The van der Waals surface area contributed by atoms with Crippen molar-refractivity contribution in [2.45, 2.75) is 129 Å². The number of esters is 3. The van der Waals surface area contributed by atoms with Crippen molar-refractivity contribution < 1.29 is 38.1 Å². The topological polar surface area (TPSA) is 97.4 Å². The third-order valence-electron chi connectivity index (χ3n) is 9.96. The maximum Gasteiger partial charge on any atom is 0.338 e. The molecule has 8 nitrogen and oxygen atoms in total. The van der Waals surface area contributed by atoms with E-state index < -0.39 is 30.4 Å². The summed E-state index contributed by atoms with van der Waals surface area (Å²) in [6, 6.07) is 16.7. The fraction of sp³-hybridized carbons (Fsp3) is 0.595. The van der Waals surface area contributed by atoms with E-state index in [1.54, 1.807) is 0 Å². The average molecular weight is 691 g/mol. The van der Waals surface area contributed by atoms with Crippen molar-refractivity contribution in [1.82, 2.24) is 0 Å². The number of carbonyl (C=O) groups is 3. The van der Waals surface area contributed by atoms with Crippen LogP contribution < -0.4 is 0 Å². The van der Waals surface area contributed by atoms with Gasteiger partial charge in [0.2, 0.25) is 0 Å². The van der Waals surface area contributed by atoms with E-state index in [0.29, 0.717) is 6.61 Å². The minimum atomic E-state index is -1.17. The monoisotopic (exact) mass is 690 g/mol. The van der Waals surface area contributed by atoms with Gasteiger partial charge in [-0.05, 0) is 60.6 Å². The highest BCUT2D eigenvalue weighted by Gasteiger charge is 2.47. The molecule has 2 atom stereocenters. The van der Waals surface area contributed by atoms with Crippen molar-refractivity contribution in [2.75, 3.05) is 19.8 Å². The fourth-order valence-electron chi connectivity index (χ4n) is 6.75. The zero-order valence-electron chi connectivity index (χ0n) is 30.3. The summed E-state index contributed by atoms with van der Waals surface area (Å²) in [5, 5.41) is 0. The van der Waals surface area contributed by atoms with Gasteiger partial charge in [-0.1, -0.05) is 133 Å². The molecule has 1 aliphatic carbocycles. The van der Waals surface area contributed by atoms with E-state index in [-0.39, 0.29) is 19.2 Å². The van der Waals surface area contributed by atoms with Crippen molar-refractivity contribution in [2.24, 2.45) is 11.8 Å². The summed E-state index contributed by atoms with van der Waals surface area (Å²) in [6.07, 6.45) is 14.8. The maximum atomic E-state index is 12.8. The van der Waals surface area contributed by atoms with Gasteiger partial charge in [-0.15, -0.1) is 0 Å². The number of carbonyl (C=O) groups excluding carboxylic acids is 3. The van der Waals surface area contributed by atoms with E-state index in [4.69, 9.17) is 23.7 Å². The maximum absolute atomic E-state index is 12.8. The Bertz CT molecular complexity index is 1280. The highest BCUT2D eigenvalue weighted by Crippen LogP contribution is 2.36. The van der Waals surface area contributed by atoms with Gasteiger partial charge in [0.1, 0.15) is 0 Å². The van der Waals surface area contributed by atoms with Crippen molar-refractivity contribution >= 4 is 17.9 Å². The number of benzene rings is 2. The van der Waals surface area contributed by atoms with E-state index in [0.717, 1.165) is 73.5 Å². The first kappa shape index (κ1) is 39.3. The van der Waals surface area contributed by atoms with Gasteiger partial charge in [-0.3, -0.25) is 0 Å². The Morgan fingerprint density at radius 1 is 0.660 bits per heavy atom. The molecule has 0 spiro atoms. The Labute approximate surface area is 299 Å². The van der Waals surface area contributed by atoms with E-state index in [9.17, 15) is 14.4 Å². The Morgan fingerprint density at radius 3 is 1.70 bits per heavy atom. The van der Waals surface area contributed by atoms with Gasteiger partial charge in [0, 0.05) is 11.6 Å². The first-order valence-corrected chi connectivity index (χ1v) is 19.0. The Balaban J connectivity index is 1.20. The second kappa shape index (κ2) is 21.7. The summed E-state index contributed by atoms with van der Waals surface area (Å²) in [5.74, 6) is 0.144. The Hall–Kier alpha value is -3.49. The van der Waals surface area contributed by atoms with Gasteiger partial charge in [0.15, 0.2) is 18.5 Å². The smallest absolute Gasteiger partial charge is 0.338 e. The molecule has 2 aromatic rings. The van der Waals surface area contributed by atoms with Crippen LogP contribution >= 0.6 is 0 Å². The third-order valence-corrected chi connectivity index (χ3v) is 9.96. The van der Waals surface area contributed by atoms with Gasteiger partial charge in [-0.25, -0.2) is 14.4 Å². The molecule has 0 bridgehead atoms. The number of hydrogen-bond acceptors (Lipinski definition) is 8. The van der Waals surface area contributed by atoms with Crippen molar-refractivity contribution in [3.05, 3.63) is 72.3 Å². The lowest BCUT2D eigenvalue weighted by atomic mass is 9.77. The van der Waals surface area contributed by atoms with Crippen LogP contribution in [0.3, 0.4) is 0 Å². The molecule has 274 valence electrons. The first-order chi connectivity index (χ1) is 24.4. The molecule has 0 amide bonds. The van der Waals surface area contributed by atoms with E-state index in [1.807, 2.05) is 38.1 Å². The Morgan fingerprint density at radius 2 is 1.16 bits per heavy atom. The predicted molar refractivity (Wildman–Crippen MR) is 194 cm³/mol. The van der Waals surface area contributed by atoms with Gasteiger partial charge in [-0.2, -0.15) is 0 Å². The lowest BCUT2D eigenvalue weighted by Gasteiger charge is -2.28. The first-order valence-electron chi connectivity index (χ1n) is 19.0. The quantitative estimate of drug-likeness (QED) is 0.0554. The highest BCUT2D eigenvalue weighted by molar-refractivity contribution is 5.86. The molecule has 1 aliphatic heterocycles. The van der Waals surface area contributed by atoms with Crippen LogP contribution in [-0.2, 0) is 44.5 Å². The average Bonchev–Trinajstić information content (AvgIpc) is 3.60. The number of aryl methyl sites for hydroxylation is 1. The molecule has 0 unspecified atom stereocenters. The zero-order chi connectivity index (χ0) is 35.6. The summed E-state index contributed by atoms with van der Waals surface area (Å²) in [7, 11) is 0. The summed E-state index contributed by atoms with van der Waals surface area (Å²) >= 11 is 0. The molecule has 50 heavy (non-hydrogen) atoms. The molecular formula is C42H58O8. The molecule has 0 radical (unpaired) electrons. The largest absolute Gasteiger partial charge is 0.464 e. The zero-order valence-corrected chi connectivity index (χ0v) is 30.3. The normalized spacial score (nSPS) is 20.7. The second-order valence-corrected chi connectivity index (χ2v) is 13.8. The second-order valence-electron chi connectivity index (χ2n) is 13.8. The summed E-state index contributed by atoms with van der Waals surface area (Å²) in [6.45, 7) is 8.50. The molecule has 2 aliphatic rings. The predicted octanol–water partition coefficient (Wildman–Crippen LogP) is 9.24. The van der Waals surface area contributed by atoms with Gasteiger partial charge in [0.05, 0.1) is 19.8 Å². The molecule has 0 N–H and O–H groups in total. The summed E-state index contributed by atoms with van der Waals surface area (Å²) in [4.78, 5) is 36.7. The molecule has 1 saturated heterocycles. The third kappa shape index (κ3) is 12.7. The van der Waals surface area contributed by atoms with Crippen LogP contribution in [0.15, 0.2) is 61.2 Å². The van der Waals surface area contributed by atoms with Gasteiger partial charge < -0.3 is 23.7 Å². The van der Waals surface area contributed by atoms with E-state index in [2.05, 4.69) is 30.8 Å². The molecular weight excluding hydrogens is 632 g/mol. The summed E-state index contributed by atoms with van der Waals surface area (Å²) < 4.78 is 27.7. The van der Waals surface area contributed by atoms with Crippen LogP contribution in [0, 0.1) is 11.8 Å². The van der Waals surface area contributed by atoms with Crippen LogP contribution in [0.5, 0.6) is 0 Å². The Kier molecular flexibility index (Phi) is 17.0. The van der Waals surface area contributed by atoms with Crippen molar-refractivity contribution in [3.63, 3.8) is 0 Å². The molecule has 1 saturated carbocycles. The number of ether oxygens (including phenoxy) is 5. The minimum absolute atomic E-state index is 0.272. The standard InChI is InChI=1S/C42H58O8/c1-4-7-28-47-40(44)38-39(41(45)48-29-8-5-2)50-42(49-38)36-26-24-35(25-27-36)34-22-20-33(21-23-34)19-18-32-16-14-31(15-17-32)13-11-9-10-12-30-46-37(43)6-3/h6,20-27,31-32,38-39,42H,3-5,7-19,28-30H2,1-2H3/t31-,32-,38-,39-/m1/s1. The lowest BCUT2D eigenvalue weighted by molar-refractivity contribution is -0.163.